The van der Waals surface area contributed by atoms with Crippen molar-refractivity contribution >= 4 is 22.7 Å². The van der Waals surface area contributed by atoms with Crippen molar-refractivity contribution in [3.8, 4) is 0 Å². The molecular formula is C21H29N3O2. The van der Waals surface area contributed by atoms with Crippen LogP contribution in [0.25, 0.3) is 10.9 Å². The summed E-state index contributed by atoms with van der Waals surface area (Å²) >= 11 is 0. The van der Waals surface area contributed by atoms with Crippen molar-refractivity contribution in [3.63, 3.8) is 0 Å². The molecular weight excluding hydrogens is 326 g/mol. The highest BCUT2D eigenvalue weighted by Crippen LogP contribution is 2.21. The lowest BCUT2D eigenvalue weighted by Crippen LogP contribution is -2.43. The Kier molecular flexibility index (Phi) is 6.31. The highest BCUT2D eigenvalue weighted by Gasteiger charge is 2.26. The topological polar surface area (TPSA) is 65.2 Å². The fourth-order valence-electron chi connectivity index (χ4n) is 3.71. The average Bonchev–Trinajstić information content (AvgIpc) is 3.09. The van der Waals surface area contributed by atoms with Crippen molar-refractivity contribution in [2.45, 2.75) is 45.4 Å². The van der Waals surface area contributed by atoms with Crippen LogP contribution < -0.4 is 5.32 Å². The van der Waals surface area contributed by atoms with E-state index < -0.39 is 0 Å². The number of amides is 2. The molecule has 5 nitrogen and oxygen atoms in total. The van der Waals surface area contributed by atoms with Gasteiger partial charge >= 0.3 is 0 Å². The van der Waals surface area contributed by atoms with Gasteiger partial charge in [-0.2, -0.15) is 0 Å². The number of likely N-dealkylation sites (tertiary alicyclic amines) is 1. The Bertz CT molecular complexity index is 745. The first kappa shape index (κ1) is 18.5. The van der Waals surface area contributed by atoms with Crippen molar-refractivity contribution in [2.75, 3.05) is 19.6 Å². The predicted molar refractivity (Wildman–Crippen MR) is 104 cm³/mol. The Morgan fingerprint density at radius 3 is 2.77 bits per heavy atom. The summed E-state index contributed by atoms with van der Waals surface area (Å²) in [5.74, 6) is 0.437. The summed E-state index contributed by atoms with van der Waals surface area (Å²) in [5, 5.41) is 4.21. The number of aromatic amines is 1. The second-order valence-corrected chi connectivity index (χ2v) is 7.16. The molecule has 1 aromatic carbocycles. The maximum Gasteiger partial charge on any atom is 0.223 e. The number of nitrogens with zero attached hydrogens (tertiary/aromatic N) is 1. The number of rotatable bonds is 7. The van der Waals surface area contributed by atoms with Crippen LogP contribution in [0.1, 0.15) is 44.6 Å². The molecule has 0 radical (unpaired) electrons. The van der Waals surface area contributed by atoms with Gasteiger partial charge in [-0.1, -0.05) is 25.1 Å². The quantitative estimate of drug-likeness (QED) is 0.801. The van der Waals surface area contributed by atoms with Crippen molar-refractivity contribution in [2.24, 2.45) is 5.92 Å². The molecule has 1 aromatic heterocycles. The van der Waals surface area contributed by atoms with Crippen molar-refractivity contribution in [1.82, 2.24) is 15.2 Å². The van der Waals surface area contributed by atoms with E-state index in [0.717, 1.165) is 44.2 Å². The minimum Gasteiger partial charge on any atom is -0.361 e. The molecule has 1 aliphatic heterocycles. The van der Waals surface area contributed by atoms with Gasteiger partial charge in [0, 0.05) is 49.1 Å². The third kappa shape index (κ3) is 4.45. The lowest BCUT2D eigenvalue weighted by Gasteiger charge is -2.31. The number of para-hydroxylation sites is 1. The van der Waals surface area contributed by atoms with Crippen LogP contribution in [-0.4, -0.2) is 41.3 Å². The Morgan fingerprint density at radius 2 is 2.00 bits per heavy atom. The van der Waals surface area contributed by atoms with Gasteiger partial charge in [0.05, 0.1) is 0 Å². The second-order valence-electron chi connectivity index (χ2n) is 7.16. The summed E-state index contributed by atoms with van der Waals surface area (Å²) in [7, 11) is 0. The van der Waals surface area contributed by atoms with Crippen LogP contribution in [0.4, 0.5) is 0 Å². The van der Waals surface area contributed by atoms with Gasteiger partial charge in [-0.25, -0.2) is 0 Å². The monoisotopic (exact) mass is 355 g/mol. The van der Waals surface area contributed by atoms with E-state index in [1.165, 1.54) is 10.9 Å². The van der Waals surface area contributed by atoms with E-state index in [9.17, 15) is 9.59 Å². The molecule has 2 heterocycles. The fourth-order valence-corrected chi connectivity index (χ4v) is 3.71. The van der Waals surface area contributed by atoms with Crippen LogP contribution in [0, 0.1) is 5.92 Å². The first-order valence-electron chi connectivity index (χ1n) is 9.79. The smallest absolute Gasteiger partial charge is 0.223 e. The molecule has 1 aliphatic rings. The maximum atomic E-state index is 12.5. The van der Waals surface area contributed by atoms with Gasteiger partial charge in [0.15, 0.2) is 0 Å². The molecule has 1 fully saturated rings. The molecule has 0 spiro atoms. The van der Waals surface area contributed by atoms with E-state index in [-0.39, 0.29) is 17.7 Å². The molecule has 0 aliphatic carbocycles. The van der Waals surface area contributed by atoms with Gasteiger partial charge in [-0.3, -0.25) is 9.59 Å². The van der Waals surface area contributed by atoms with Gasteiger partial charge in [0.2, 0.25) is 11.8 Å². The fraction of sp³-hybridized carbons (Fsp3) is 0.524. The number of carbonyl (C=O) groups is 2. The molecule has 0 bridgehead atoms. The standard InChI is InChI=1S/C21H29N3O2/c1-2-12-22-21(26)16-10-13-24(14-11-16)20(25)9-5-6-17-15-23-19-8-4-3-7-18(17)19/h3-4,7-8,15-16,23H,2,5-6,9-14H2,1H3,(H,22,26). The molecule has 0 unspecified atom stereocenters. The number of piperidine rings is 1. The number of hydrogen-bond donors (Lipinski definition) is 2. The van der Waals surface area contributed by atoms with E-state index >= 15 is 0 Å². The molecule has 1 saturated heterocycles. The first-order valence-corrected chi connectivity index (χ1v) is 9.79. The highest BCUT2D eigenvalue weighted by atomic mass is 16.2. The van der Waals surface area contributed by atoms with E-state index in [1.54, 1.807) is 0 Å². The highest BCUT2D eigenvalue weighted by molar-refractivity contribution is 5.83. The molecule has 5 heteroatoms. The Balaban J connectivity index is 1.41. The third-order valence-corrected chi connectivity index (χ3v) is 5.28. The Hall–Kier alpha value is -2.30. The minimum absolute atomic E-state index is 0.0665. The van der Waals surface area contributed by atoms with Crippen LogP contribution in [0.2, 0.25) is 0 Å². The van der Waals surface area contributed by atoms with Crippen LogP contribution in [0.5, 0.6) is 0 Å². The van der Waals surface area contributed by atoms with Crippen molar-refractivity contribution < 1.29 is 9.59 Å². The maximum absolute atomic E-state index is 12.5. The molecule has 0 atom stereocenters. The zero-order valence-corrected chi connectivity index (χ0v) is 15.6. The number of nitrogens with one attached hydrogen (secondary N) is 2. The number of H-pyrrole nitrogens is 1. The largest absolute Gasteiger partial charge is 0.361 e. The predicted octanol–water partition coefficient (Wildman–Crippen LogP) is 3.26. The van der Waals surface area contributed by atoms with Gasteiger partial charge in [0.25, 0.3) is 0 Å². The van der Waals surface area contributed by atoms with E-state index in [1.807, 2.05) is 17.0 Å². The van der Waals surface area contributed by atoms with Gasteiger partial charge < -0.3 is 15.2 Å². The van der Waals surface area contributed by atoms with Crippen LogP contribution in [0.3, 0.4) is 0 Å². The summed E-state index contributed by atoms with van der Waals surface area (Å²) in [6.07, 6.45) is 6.91. The molecule has 0 saturated carbocycles. The molecule has 26 heavy (non-hydrogen) atoms. The minimum atomic E-state index is 0.0665. The summed E-state index contributed by atoms with van der Waals surface area (Å²) in [5.41, 5.74) is 2.43. The summed E-state index contributed by atoms with van der Waals surface area (Å²) < 4.78 is 0. The normalized spacial score (nSPS) is 15.3. The van der Waals surface area contributed by atoms with Crippen LogP contribution in [0.15, 0.2) is 30.5 Å². The number of aromatic nitrogens is 1. The third-order valence-electron chi connectivity index (χ3n) is 5.28. The summed E-state index contributed by atoms with van der Waals surface area (Å²) in [6, 6.07) is 8.27. The van der Waals surface area contributed by atoms with E-state index in [2.05, 4.69) is 35.6 Å². The number of fused-ring (bicyclic) bond motifs is 1. The molecule has 2 amide bonds. The van der Waals surface area contributed by atoms with Crippen molar-refractivity contribution in [1.29, 1.82) is 0 Å². The van der Waals surface area contributed by atoms with Crippen LogP contribution >= 0.6 is 0 Å². The number of carbonyl (C=O) groups excluding carboxylic acids is 2. The SMILES string of the molecule is CCCNC(=O)C1CCN(C(=O)CCCc2c[nH]c3ccccc23)CC1. The number of aryl methyl sites for hydroxylation is 1. The van der Waals surface area contributed by atoms with Crippen molar-refractivity contribution in [3.05, 3.63) is 36.0 Å². The summed E-state index contributed by atoms with van der Waals surface area (Å²) in [6.45, 7) is 4.20. The number of benzene rings is 1. The van der Waals surface area contributed by atoms with Gasteiger partial charge in [-0.05, 0) is 43.7 Å². The van der Waals surface area contributed by atoms with Crippen LogP contribution in [-0.2, 0) is 16.0 Å². The zero-order chi connectivity index (χ0) is 18.4. The molecule has 2 N–H and O–H groups in total. The Morgan fingerprint density at radius 1 is 1.23 bits per heavy atom. The lowest BCUT2D eigenvalue weighted by molar-refractivity contribution is -0.135. The van der Waals surface area contributed by atoms with Gasteiger partial charge in [0.1, 0.15) is 0 Å². The molecule has 2 aromatic rings. The molecule has 3 rings (SSSR count). The summed E-state index contributed by atoms with van der Waals surface area (Å²) in [4.78, 5) is 29.7. The molecule has 140 valence electrons. The lowest BCUT2D eigenvalue weighted by atomic mass is 9.95. The van der Waals surface area contributed by atoms with E-state index in [0.29, 0.717) is 19.5 Å². The van der Waals surface area contributed by atoms with E-state index in [4.69, 9.17) is 0 Å². The average molecular weight is 355 g/mol. The number of hydrogen-bond acceptors (Lipinski definition) is 2. The first-order chi connectivity index (χ1) is 12.7. The second kappa shape index (κ2) is 8.88. The zero-order valence-electron chi connectivity index (χ0n) is 15.6. The van der Waals surface area contributed by atoms with Gasteiger partial charge in [-0.15, -0.1) is 0 Å². The Labute approximate surface area is 155 Å².